The lowest BCUT2D eigenvalue weighted by Gasteiger charge is -2.10. The van der Waals surface area contributed by atoms with Crippen LogP contribution in [0.2, 0.25) is 0 Å². The predicted octanol–water partition coefficient (Wildman–Crippen LogP) is 3.18. The molecule has 10 heteroatoms. The molecule has 0 N–H and O–H groups in total. The molecule has 0 bridgehead atoms. The van der Waals surface area contributed by atoms with Crippen molar-refractivity contribution < 1.29 is 27.6 Å². The van der Waals surface area contributed by atoms with E-state index in [1.54, 1.807) is 6.07 Å². The summed E-state index contributed by atoms with van der Waals surface area (Å²) in [5, 5.41) is 20.0. The maximum Gasteiger partial charge on any atom is 0.446 e. The molecule has 22 heavy (non-hydrogen) atoms. The number of carbonyl (C=O) groups excluding carboxylic acids is 1. The van der Waals surface area contributed by atoms with Gasteiger partial charge in [0, 0.05) is 0 Å². The van der Waals surface area contributed by atoms with E-state index in [4.69, 9.17) is 5.26 Å². The van der Waals surface area contributed by atoms with Crippen LogP contribution in [-0.2, 0) is 16.0 Å². The van der Waals surface area contributed by atoms with Crippen molar-refractivity contribution in [1.82, 2.24) is 0 Å². The number of esters is 1. The summed E-state index contributed by atoms with van der Waals surface area (Å²) in [7, 11) is 0. The Labute approximate surface area is 127 Å². The molecule has 0 saturated heterocycles. The third-order valence-electron chi connectivity index (χ3n) is 2.40. The summed E-state index contributed by atoms with van der Waals surface area (Å²) in [6, 6.07) is 3.47. The molecule has 0 fully saturated rings. The fourth-order valence-electron chi connectivity index (χ4n) is 1.66. The molecule has 118 valence electrons. The summed E-state index contributed by atoms with van der Waals surface area (Å²) in [4.78, 5) is 20.8. The first-order valence-corrected chi connectivity index (χ1v) is 6.63. The van der Waals surface area contributed by atoms with Crippen molar-refractivity contribution in [1.29, 1.82) is 5.26 Å². The number of nitro benzene ring substituents is 1. The normalized spacial score (nSPS) is 10.9. The van der Waals surface area contributed by atoms with Gasteiger partial charge in [0.25, 0.3) is 5.69 Å². The van der Waals surface area contributed by atoms with Crippen molar-refractivity contribution in [3.05, 3.63) is 33.4 Å². The van der Waals surface area contributed by atoms with Gasteiger partial charge < -0.3 is 4.74 Å². The van der Waals surface area contributed by atoms with Gasteiger partial charge in [-0.2, -0.15) is 18.4 Å². The summed E-state index contributed by atoms with van der Waals surface area (Å²) in [6.45, 7) is 1.51. The number of rotatable bonds is 5. The second kappa shape index (κ2) is 7.13. The molecule has 6 nitrogen and oxygen atoms in total. The van der Waals surface area contributed by atoms with E-state index in [9.17, 15) is 28.1 Å². The maximum absolute atomic E-state index is 12.5. The Morgan fingerprint density at radius 2 is 2.14 bits per heavy atom. The first kappa shape index (κ1) is 17.8. The molecule has 0 amide bonds. The quantitative estimate of drug-likeness (QED) is 0.355. The van der Waals surface area contributed by atoms with Gasteiger partial charge in [0.2, 0.25) is 0 Å². The number of hydrogen-bond acceptors (Lipinski definition) is 6. The van der Waals surface area contributed by atoms with Crippen LogP contribution >= 0.6 is 11.8 Å². The average molecular weight is 334 g/mol. The zero-order valence-electron chi connectivity index (χ0n) is 11.1. The first-order valence-electron chi connectivity index (χ1n) is 5.81. The first-order chi connectivity index (χ1) is 10.2. The fourth-order valence-corrected chi connectivity index (χ4v) is 2.34. The third kappa shape index (κ3) is 4.63. The van der Waals surface area contributed by atoms with Crippen molar-refractivity contribution >= 4 is 23.4 Å². The largest absolute Gasteiger partial charge is 0.466 e. The van der Waals surface area contributed by atoms with Crippen LogP contribution in [0.1, 0.15) is 18.1 Å². The van der Waals surface area contributed by atoms with Crippen LogP contribution in [0, 0.1) is 21.4 Å². The number of nitrogens with zero attached hydrogens (tertiary/aromatic N) is 2. The summed E-state index contributed by atoms with van der Waals surface area (Å²) in [6.07, 6.45) is -0.653. The van der Waals surface area contributed by atoms with Crippen molar-refractivity contribution in [2.24, 2.45) is 0 Å². The Hall–Kier alpha value is -2.28. The second-order valence-electron chi connectivity index (χ2n) is 3.84. The van der Waals surface area contributed by atoms with Crippen LogP contribution in [0.25, 0.3) is 0 Å². The lowest BCUT2D eigenvalue weighted by atomic mass is 10.0. The lowest BCUT2D eigenvalue weighted by Crippen LogP contribution is -2.12. The van der Waals surface area contributed by atoms with Gasteiger partial charge in [0.1, 0.15) is 0 Å². The molecule has 1 rings (SSSR count). The van der Waals surface area contributed by atoms with Gasteiger partial charge in [-0.05, 0) is 30.8 Å². The molecule has 0 aromatic heterocycles. The zero-order valence-corrected chi connectivity index (χ0v) is 12.0. The van der Waals surface area contributed by atoms with E-state index < -0.39 is 45.2 Å². The molecule has 0 aliphatic heterocycles. The van der Waals surface area contributed by atoms with E-state index in [2.05, 4.69) is 4.74 Å². The number of nitro groups is 1. The highest BCUT2D eigenvalue weighted by molar-refractivity contribution is 8.00. The maximum atomic E-state index is 12.5. The summed E-state index contributed by atoms with van der Waals surface area (Å²) in [5.74, 6) is -0.865. The summed E-state index contributed by atoms with van der Waals surface area (Å²) >= 11 is -0.674. The molecule has 1 aromatic carbocycles. The van der Waals surface area contributed by atoms with Gasteiger partial charge in [-0.1, -0.05) is 0 Å². The molecular formula is C12H9F3N2O4S. The molecule has 0 aliphatic carbocycles. The number of hydrogen-bond donors (Lipinski definition) is 0. The molecule has 0 heterocycles. The van der Waals surface area contributed by atoms with Crippen molar-refractivity contribution in [2.45, 2.75) is 23.7 Å². The number of alkyl halides is 3. The Morgan fingerprint density at radius 1 is 1.50 bits per heavy atom. The minimum Gasteiger partial charge on any atom is -0.466 e. The molecule has 1 aromatic rings. The highest BCUT2D eigenvalue weighted by Gasteiger charge is 2.35. The number of benzene rings is 1. The molecule has 0 spiro atoms. The van der Waals surface area contributed by atoms with Crippen molar-refractivity contribution in [3.63, 3.8) is 0 Å². The van der Waals surface area contributed by atoms with E-state index in [0.29, 0.717) is 0 Å². The standard InChI is InChI=1S/C12H9F3N2O4S/c1-2-21-10(18)5-8-7(6-16)3-4-9(11(8)17(19)20)22-12(13,14)15/h3-4H,2,5H2,1H3. The SMILES string of the molecule is CCOC(=O)Cc1c(C#N)ccc(SC(F)(F)F)c1[N+](=O)[O-]. The van der Waals surface area contributed by atoms with E-state index >= 15 is 0 Å². The molecular weight excluding hydrogens is 325 g/mol. The van der Waals surface area contributed by atoms with Gasteiger partial charge >= 0.3 is 11.5 Å². The van der Waals surface area contributed by atoms with Gasteiger partial charge in [-0.25, -0.2) is 0 Å². The number of thioether (sulfide) groups is 1. The fraction of sp³-hybridized carbons (Fsp3) is 0.333. The monoisotopic (exact) mass is 334 g/mol. The van der Waals surface area contributed by atoms with Crippen molar-refractivity contribution in [3.8, 4) is 6.07 Å². The number of nitriles is 1. The molecule has 0 unspecified atom stereocenters. The highest BCUT2D eigenvalue weighted by atomic mass is 32.2. The van der Waals surface area contributed by atoms with E-state index in [-0.39, 0.29) is 17.7 Å². The van der Waals surface area contributed by atoms with Gasteiger partial charge in [-0.3, -0.25) is 14.9 Å². The Kier molecular flexibility index (Phi) is 5.76. The van der Waals surface area contributed by atoms with Crippen molar-refractivity contribution in [2.75, 3.05) is 6.61 Å². The minimum absolute atomic E-state index is 0.00547. The molecule has 0 atom stereocenters. The Bertz CT molecular complexity index is 640. The van der Waals surface area contributed by atoms with Crippen LogP contribution in [-0.4, -0.2) is 23.0 Å². The smallest absolute Gasteiger partial charge is 0.446 e. The van der Waals surface area contributed by atoms with E-state index in [1.165, 1.54) is 6.92 Å². The van der Waals surface area contributed by atoms with Crippen LogP contribution in [0.15, 0.2) is 17.0 Å². The van der Waals surface area contributed by atoms with Gasteiger partial charge in [0.15, 0.2) is 0 Å². The average Bonchev–Trinajstić information content (AvgIpc) is 2.37. The highest BCUT2D eigenvalue weighted by Crippen LogP contribution is 2.43. The molecule has 0 aliphatic rings. The topological polar surface area (TPSA) is 93.2 Å². The lowest BCUT2D eigenvalue weighted by molar-refractivity contribution is -0.388. The van der Waals surface area contributed by atoms with Crippen LogP contribution in [0.5, 0.6) is 0 Å². The minimum atomic E-state index is -4.74. The third-order valence-corrected chi connectivity index (χ3v) is 3.18. The Balaban J connectivity index is 3.42. The summed E-state index contributed by atoms with van der Waals surface area (Å²) in [5.41, 5.74) is -6.28. The molecule has 0 radical (unpaired) electrons. The van der Waals surface area contributed by atoms with Crippen LogP contribution in [0.3, 0.4) is 0 Å². The van der Waals surface area contributed by atoms with Crippen LogP contribution < -0.4 is 0 Å². The molecule has 0 saturated carbocycles. The van der Waals surface area contributed by atoms with Gasteiger partial charge in [-0.15, -0.1) is 0 Å². The number of ether oxygens (including phenoxy) is 1. The van der Waals surface area contributed by atoms with Gasteiger partial charge in [0.05, 0.1) is 40.0 Å². The predicted molar refractivity (Wildman–Crippen MR) is 70.1 cm³/mol. The Morgan fingerprint density at radius 3 is 2.59 bits per heavy atom. The second-order valence-corrected chi connectivity index (χ2v) is 4.94. The van der Waals surface area contributed by atoms with E-state index in [1.807, 2.05) is 0 Å². The number of halogens is 3. The van der Waals surface area contributed by atoms with Crippen LogP contribution in [0.4, 0.5) is 18.9 Å². The van der Waals surface area contributed by atoms with E-state index in [0.717, 1.165) is 12.1 Å². The number of carbonyl (C=O) groups is 1. The zero-order chi connectivity index (χ0) is 16.9. The summed E-state index contributed by atoms with van der Waals surface area (Å²) < 4.78 is 42.0.